The van der Waals surface area contributed by atoms with Crippen LogP contribution >= 0.6 is 15.9 Å². The third kappa shape index (κ3) is 2.59. The van der Waals surface area contributed by atoms with E-state index in [0.717, 1.165) is 22.0 Å². The molecule has 0 amide bonds. The average Bonchev–Trinajstić information content (AvgIpc) is 2.18. The number of alkyl halides is 1. The molecule has 0 aromatic heterocycles. The number of ether oxygens (including phenoxy) is 1. The molecule has 1 rings (SSSR count). The highest BCUT2D eigenvalue weighted by molar-refractivity contribution is 9.08. The normalized spacial score (nSPS) is 10.1. The lowest BCUT2D eigenvalue weighted by Gasteiger charge is -2.11. The summed E-state index contributed by atoms with van der Waals surface area (Å²) in [5.41, 5.74) is 3.80. The average molecular weight is 271 g/mol. The van der Waals surface area contributed by atoms with E-state index in [1.54, 1.807) is 0 Å². The largest absolute Gasteiger partial charge is 0.462 e. The molecule has 3 heteroatoms. The third-order valence-corrected chi connectivity index (χ3v) is 3.01. The number of carbonyl (C=O) groups excluding carboxylic acids is 1. The van der Waals surface area contributed by atoms with Gasteiger partial charge in [0.15, 0.2) is 0 Å². The molecular weight excluding hydrogens is 256 g/mol. The fourth-order valence-corrected chi connectivity index (χ4v) is 2.16. The maximum atomic E-state index is 11.7. The Morgan fingerprint density at radius 3 is 2.60 bits per heavy atom. The van der Waals surface area contributed by atoms with Crippen LogP contribution < -0.4 is 0 Å². The zero-order chi connectivity index (χ0) is 11.4. The van der Waals surface area contributed by atoms with Crippen molar-refractivity contribution in [2.45, 2.75) is 26.1 Å². The van der Waals surface area contributed by atoms with Crippen molar-refractivity contribution in [2.75, 3.05) is 6.61 Å². The number of halogens is 1. The summed E-state index contributed by atoms with van der Waals surface area (Å²) in [6, 6.07) is 3.98. The van der Waals surface area contributed by atoms with Gasteiger partial charge in [-0.25, -0.2) is 4.79 Å². The van der Waals surface area contributed by atoms with Crippen LogP contribution in [0.15, 0.2) is 12.1 Å². The van der Waals surface area contributed by atoms with Crippen molar-refractivity contribution in [3.05, 3.63) is 34.4 Å². The minimum atomic E-state index is -0.227. The summed E-state index contributed by atoms with van der Waals surface area (Å²) in [5, 5.41) is 0.755. The molecule has 0 atom stereocenters. The van der Waals surface area contributed by atoms with E-state index >= 15 is 0 Å². The summed E-state index contributed by atoms with van der Waals surface area (Å²) in [6.45, 7) is 6.11. The van der Waals surface area contributed by atoms with Crippen molar-refractivity contribution >= 4 is 21.9 Å². The molecule has 15 heavy (non-hydrogen) atoms. The lowest BCUT2D eigenvalue weighted by molar-refractivity contribution is 0.0524. The minimum Gasteiger partial charge on any atom is -0.462 e. The molecule has 0 unspecified atom stereocenters. The van der Waals surface area contributed by atoms with Gasteiger partial charge in [0.25, 0.3) is 0 Å². The molecular formula is C12H15BrO2. The second-order valence-electron chi connectivity index (χ2n) is 3.40. The fraction of sp³-hybridized carbons (Fsp3) is 0.417. The zero-order valence-electron chi connectivity index (χ0n) is 9.26. The van der Waals surface area contributed by atoms with E-state index in [1.165, 1.54) is 0 Å². The summed E-state index contributed by atoms with van der Waals surface area (Å²) in [4.78, 5) is 11.7. The monoisotopic (exact) mass is 270 g/mol. The molecule has 0 fully saturated rings. The molecule has 0 aliphatic rings. The third-order valence-electron chi connectivity index (χ3n) is 2.41. The lowest BCUT2D eigenvalue weighted by Crippen LogP contribution is -2.10. The van der Waals surface area contributed by atoms with Gasteiger partial charge in [0.05, 0.1) is 12.2 Å². The molecule has 82 valence electrons. The van der Waals surface area contributed by atoms with Crippen LogP contribution in [0, 0.1) is 13.8 Å². The number of hydrogen-bond donors (Lipinski definition) is 0. The molecule has 0 spiro atoms. The highest BCUT2D eigenvalue weighted by Crippen LogP contribution is 2.21. The predicted molar refractivity (Wildman–Crippen MR) is 64.5 cm³/mol. The second-order valence-corrected chi connectivity index (χ2v) is 3.96. The van der Waals surface area contributed by atoms with Crippen molar-refractivity contribution in [1.82, 2.24) is 0 Å². The van der Waals surface area contributed by atoms with Gasteiger partial charge in [-0.1, -0.05) is 28.1 Å². The minimum absolute atomic E-state index is 0.227. The number of benzene rings is 1. The molecule has 0 heterocycles. The first-order valence-corrected chi connectivity index (χ1v) is 6.06. The van der Waals surface area contributed by atoms with Gasteiger partial charge in [-0.2, -0.15) is 0 Å². The molecule has 1 aromatic rings. The van der Waals surface area contributed by atoms with Crippen LogP contribution in [0.5, 0.6) is 0 Å². The molecule has 0 saturated heterocycles. The lowest BCUT2D eigenvalue weighted by atomic mass is 9.98. The number of aryl methyl sites for hydroxylation is 1. The predicted octanol–water partition coefficient (Wildman–Crippen LogP) is 3.38. The van der Waals surface area contributed by atoms with E-state index in [4.69, 9.17) is 4.74 Å². The molecule has 2 nitrogen and oxygen atoms in total. The summed E-state index contributed by atoms with van der Waals surface area (Å²) in [5.74, 6) is -0.227. The molecule has 1 aromatic carbocycles. The van der Waals surface area contributed by atoms with Crippen molar-refractivity contribution in [3.63, 3.8) is 0 Å². The van der Waals surface area contributed by atoms with E-state index < -0.39 is 0 Å². The Labute approximate surface area is 98.8 Å². The topological polar surface area (TPSA) is 26.3 Å². The highest BCUT2D eigenvalue weighted by Gasteiger charge is 2.15. The Bertz CT molecular complexity index is 372. The van der Waals surface area contributed by atoms with Gasteiger partial charge in [0, 0.05) is 5.33 Å². The van der Waals surface area contributed by atoms with Gasteiger partial charge in [0.2, 0.25) is 0 Å². The van der Waals surface area contributed by atoms with Crippen LogP contribution in [0.4, 0.5) is 0 Å². The van der Waals surface area contributed by atoms with Gasteiger partial charge in [-0.05, 0) is 37.5 Å². The van der Waals surface area contributed by atoms with E-state index in [9.17, 15) is 4.79 Å². The number of esters is 1. The Morgan fingerprint density at radius 1 is 1.40 bits per heavy atom. The SMILES string of the molecule is CCOC(=O)c1c(C)ccc(CBr)c1C. The van der Waals surface area contributed by atoms with Gasteiger partial charge in [-0.3, -0.25) is 0 Å². The maximum absolute atomic E-state index is 11.7. The molecule has 0 saturated carbocycles. The second kappa shape index (κ2) is 5.31. The Morgan fingerprint density at radius 2 is 2.07 bits per heavy atom. The quantitative estimate of drug-likeness (QED) is 0.622. The molecule has 0 bridgehead atoms. The van der Waals surface area contributed by atoms with Crippen molar-refractivity contribution in [3.8, 4) is 0 Å². The standard InChI is InChI=1S/C12H15BrO2/c1-4-15-12(14)11-8(2)5-6-10(7-13)9(11)3/h5-6H,4,7H2,1-3H3. The Balaban J connectivity index is 3.20. The maximum Gasteiger partial charge on any atom is 0.338 e. The summed E-state index contributed by atoms with van der Waals surface area (Å²) >= 11 is 3.40. The molecule has 0 N–H and O–H groups in total. The van der Waals surface area contributed by atoms with Crippen LogP contribution in [0.3, 0.4) is 0 Å². The number of hydrogen-bond acceptors (Lipinski definition) is 2. The molecule has 0 radical (unpaired) electrons. The first kappa shape index (κ1) is 12.2. The summed E-state index contributed by atoms with van der Waals surface area (Å²) < 4.78 is 5.03. The van der Waals surface area contributed by atoms with Crippen LogP contribution in [0.1, 0.15) is 34.0 Å². The first-order chi connectivity index (χ1) is 7.11. The van der Waals surface area contributed by atoms with E-state index in [2.05, 4.69) is 15.9 Å². The molecule has 0 aliphatic heterocycles. The highest BCUT2D eigenvalue weighted by atomic mass is 79.9. The van der Waals surface area contributed by atoms with Gasteiger partial charge in [-0.15, -0.1) is 0 Å². The van der Waals surface area contributed by atoms with E-state index in [0.29, 0.717) is 12.2 Å². The van der Waals surface area contributed by atoms with Crippen LogP contribution in [-0.4, -0.2) is 12.6 Å². The summed E-state index contributed by atoms with van der Waals surface area (Å²) in [6.07, 6.45) is 0. The molecule has 0 aliphatic carbocycles. The summed E-state index contributed by atoms with van der Waals surface area (Å²) in [7, 11) is 0. The van der Waals surface area contributed by atoms with Crippen LogP contribution in [0.25, 0.3) is 0 Å². The van der Waals surface area contributed by atoms with Crippen molar-refractivity contribution < 1.29 is 9.53 Å². The van der Waals surface area contributed by atoms with Crippen LogP contribution in [0.2, 0.25) is 0 Å². The van der Waals surface area contributed by atoms with Crippen LogP contribution in [-0.2, 0) is 10.1 Å². The van der Waals surface area contributed by atoms with Crippen molar-refractivity contribution in [2.24, 2.45) is 0 Å². The zero-order valence-corrected chi connectivity index (χ0v) is 10.8. The van der Waals surface area contributed by atoms with Crippen molar-refractivity contribution in [1.29, 1.82) is 0 Å². The van der Waals surface area contributed by atoms with E-state index in [-0.39, 0.29) is 5.97 Å². The van der Waals surface area contributed by atoms with Gasteiger partial charge >= 0.3 is 5.97 Å². The fourth-order valence-electron chi connectivity index (χ4n) is 1.55. The first-order valence-electron chi connectivity index (χ1n) is 4.94. The Hall–Kier alpha value is -0.830. The van der Waals surface area contributed by atoms with Gasteiger partial charge < -0.3 is 4.74 Å². The number of carbonyl (C=O) groups is 1. The van der Waals surface area contributed by atoms with Gasteiger partial charge in [0.1, 0.15) is 0 Å². The van der Waals surface area contributed by atoms with E-state index in [1.807, 2.05) is 32.9 Å². The smallest absolute Gasteiger partial charge is 0.338 e. The Kier molecular flexibility index (Phi) is 4.33. The number of rotatable bonds is 3.